The summed E-state index contributed by atoms with van der Waals surface area (Å²) in [4.78, 5) is 69.5. The first kappa shape index (κ1) is 35.5. The first-order valence-corrected chi connectivity index (χ1v) is 17.0. The number of amides is 2. The lowest BCUT2D eigenvalue weighted by molar-refractivity contribution is -0.139. The van der Waals surface area contributed by atoms with Gasteiger partial charge in [-0.2, -0.15) is 0 Å². The van der Waals surface area contributed by atoms with Crippen molar-refractivity contribution in [2.45, 2.75) is 50.1 Å². The summed E-state index contributed by atoms with van der Waals surface area (Å²) in [5.41, 5.74) is 4.47. The predicted octanol–water partition coefficient (Wildman–Crippen LogP) is 2.82. The number of aromatic nitrogens is 2. The highest BCUT2D eigenvalue weighted by molar-refractivity contribution is 7.93. The van der Waals surface area contributed by atoms with Crippen molar-refractivity contribution in [2.24, 2.45) is 5.92 Å². The number of sulfone groups is 1. The molecule has 0 saturated heterocycles. The van der Waals surface area contributed by atoms with E-state index in [-0.39, 0.29) is 25.4 Å². The summed E-state index contributed by atoms with van der Waals surface area (Å²) in [7, 11) is -3.64. The average Bonchev–Trinajstić information content (AvgIpc) is 3.65. The lowest BCUT2D eigenvalue weighted by atomic mass is 9.91. The van der Waals surface area contributed by atoms with E-state index >= 15 is 0 Å². The number of ketones is 1. The third-order valence-corrected chi connectivity index (χ3v) is 8.44. The number of alkyl carbamates (subject to hydrolysis) is 1. The minimum absolute atomic E-state index is 0.0451. The Labute approximate surface area is 276 Å². The fourth-order valence-corrected chi connectivity index (χ4v) is 6.04. The molecule has 14 nitrogen and oxygen atoms in total. The van der Waals surface area contributed by atoms with Crippen LogP contribution in [0.15, 0.2) is 72.5 Å². The molecule has 2 amide bonds. The average molecular weight is 681 g/mol. The van der Waals surface area contributed by atoms with Crippen LogP contribution in [0.4, 0.5) is 4.79 Å². The number of carbonyl (C=O) groups excluding carboxylic acids is 3. The highest BCUT2D eigenvalue weighted by atomic mass is 32.2. The molecule has 0 radical (unpaired) electrons. The minimum Gasteiger partial charge on any atom is -0.481 e. The maximum absolute atomic E-state index is 13.6. The molecule has 0 unspecified atom stereocenters. The Morgan fingerprint density at radius 1 is 0.958 bits per heavy atom. The number of imidazole rings is 1. The number of carbonyl (C=O) groups is 5. The Morgan fingerprint density at radius 2 is 1.60 bits per heavy atom. The molecular weight excluding hydrogens is 644 g/mol. The number of hydrogen-bond acceptors (Lipinski definition) is 9. The van der Waals surface area contributed by atoms with Crippen LogP contribution in [0.2, 0.25) is 0 Å². The Morgan fingerprint density at radius 3 is 2.17 bits per heavy atom. The van der Waals surface area contributed by atoms with Crippen molar-refractivity contribution in [1.82, 2.24) is 20.6 Å². The Kier molecular flexibility index (Phi) is 11.8. The van der Waals surface area contributed by atoms with Crippen LogP contribution in [-0.2, 0) is 40.2 Å². The molecule has 4 rings (SSSR count). The number of aliphatic carboxylic acids is 2. The van der Waals surface area contributed by atoms with Crippen molar-refractivity contribution < 1.29 is 47.3 Å². The summed E-state index contributed by atoms with van der Waals surface area (Å²) in [6.45, 7) is -0.0451. The molecule has 0 saturated carbocycles. The van der Waals surface area contributed by atoms with Gasteiger partial charge < -0.3 is 30.6 Å². The summed E-state index contributed by atoms with van der Waals surface area (Å²) >= 11 is 0. The molecule has 1 heterocycles. The summed E-state index contributed by atoms with van der Waals surface area (Å²) in [5, 5.41) is 24.3. The van der Waals surface area contributed by atoms with Gasteiger partial charge in [0.25, 0.3) is 0 Å². The van der Waals surface area contributed by atoms with Crippen LogP contribution in [0.25, 0.3) is 11.1 Å². The molecule has 0 aliphatic heterocycles. The molecule has 0 spiro atoms. The van der Waals surface area contributed by atoms with Gasteiger partial charge in [0, 0.05) is 48.7 Å². The summed E-state index contributed by atoms with van der Waals surface area (Å²) in [6, 6.07) is 12.9. The molecule has 15 heteroatoms. The zero-order valence-corrected chi connectivity index (χ0v) is 26.8. The summed E-state index contributed by atoms with van der Waals surface area (Å²) in [5.74, 6) is -5.32. The molecule has 254 valence electrons. The largest absolute Gasteiger partial charge is 0.481 e. The van der Waals surface area contributed by atoms with Crippen molar-refractivity contribution in [1.29, 1.82) is 0 Å². The van der Waals surface area contributed by atoms with Gasteiger partial charge in [-0.25, -0.2) is 18.2 Å². The van der Waals surface area contributed by atoms with Crippen LogP contribution >= 0.6 is 0 Å². The standard InChI is InChI=1S/C33H36N4O10S/c1-48(45,46)13-12-21(16-31(41)42)36-32(43)20(14-22-17-34-19-35-22)15-29(38)28(10-11-30(39)40)37-33(44)47-18-27-25-8-4-2-6-23(25)24-7-3-5-9-26(24)27/h2-9,12-13,17,19-21,27-28H,10-11,14-16,18H2,1H3,(H,34,35)(H,36,43)(H,37,44)(H,39,40)(H,41,42)/b13-12+/t20-,21-,28+/m1/s1. The first-order chi connectivity index (χ1) is 22.8. The number of H-pyrrole nitrogens is 1. The number of aromatic amines is 1. The topological polar surface area (TPSA) is 222 Å². The highest BCUT2D eigenvalue weighted by Gasteiger charge is 2.32. The van der Waals surface area contributed by atoms with Gasteiger partial charge in [0.15, 0.2) is 15.6 Å². The fourth-order valence-electron chi connectivity index (χ4n) is 5.56. The van der Waals surface area contributed by atoms with Crippen molar-refractivity contribution >= 4 is 39.6 Å². The van der Waals surface area contributed by atoms with E-state index in [1.54, 1.807) is 0 Å². The summed E-state index contributed by atoms with van der Waals surface area (Å²) in [6.07, 6.45) is 1.88. The van der Waals surface area contributed by atoms with Gasteiger partial charge in [-0.05, 0) is 28.7 Å². The van der Waals surface area contributed by atoms with E-state index in [2.05, 4.69) is 20.6 Å². The number of fused-ring (bicyclic) bond motifs is 3. The number of Topliss-reactive ketones (excluding diaryl/α,β-unsaturated/α-hetero) is 1. The molecule has 3 atom stereocenters. The summed E-state index contributed by atoms with van der Waals surface area (Å²) < 4.78 is 28.8. The van der Waals surface area contributed by atoms with Gasteiger partial charge in [-0.15, -0.1) is 0 Å². The monoisotopic (exact) mass is 680 g/mol. The van der Waals surface area contributed by atoms with Crippen LogP contribution in [0.3, 0.4) is 0 Å². The lowest BCUT2D eigenvalue weighted by Crippen LogP contribution is -2.45. The van der Waals surface area contributed by atoms with E-state index < -0.39 is 76.8 Å². The molecule has 1 aromatic heterocycles. The number of rotatable bonds is 17. The van der Waals surface area contributed by atoms with Crippen molar-refractivity contribution in [3.63, 3.8) is 0 Å². The van der Waals surface area contributed by atoms with Gasteiger partial charge in [-0.1, -0.05) is 54.6 Å². The van der Waals surface area contributed by atoms with Crippen LogP contribution in [0.1, 0.15) is 48.4 Å². The van der Waals surface area contributed by atoms with Gasteiger partial charge >= 0.3 is 18.0 Å². The van der Waals surface area contributed by atoms with Gasteiger partial charge in [0.2, 0.25) is 5.91 Å². The number of carboxylic acid groups (broad SMARTS) is 2. The second kappa shape index (κ2) is 16.0. The number of carboxylic acids is 2. The third-order valence-electron chi connectivity index (χ3n) is 7.79. The van der Waals surface area contributed by atoms with E-state index in [1.165, 1.54) is 12.5 Å². The minimum atomic E-state index is -3.64. The zero-order valence-electron chi connectivity index (χ0n) is 26.0. The lowest BCUT2D eigenvalue weighted by Gasteiger charge is -2.23. The Hall–Kier alpha value is -5.31. The molecule has 1 aliphatic rings. The number of benzene rings is 2. The van der Waals surface area contributed by atoms with E-state index in [0.29, 0.717) is 5.69 Å². The molecule has 1 aliphatic carbocycles. The number of nitrogens with zero attached hydrogens (tertiary/aromatic N) is 1. The molecule has 0 bridgehead atoms. The van der Waals surface area contributed by atoms with Crippen LogP contribution in [0, 0.1) is 5.92 Å². The van der Waals surface area contributed by atoms with Crippen molar-refractivity contribution in [2.75, 3.05) is 12.9 Å². The molecule has 0 fully saturated rings. The van der Waals surface area contributed by atoms with Gasteiger partial charge in [-0.3, -0.25) is 19.2 Å². The number of hydrogen-bond donors (Lipinski definition) is 5. The van der Waals surface area contributed by atoms with E-state index in [0.717, 1.165) is 40.0 Å². The molecule has 3 aromatic rings. The number of ether oxygens (including phenoxy) is 1. The molecular formula is C33H36N4O10S. The second-order valence-corrected chi connectivity index (χ2v) is 13.4. The Balaban J connectivity index is 1.48. The van der Waals surface area contributed by atoms with E-state index in [9.17, 15) is 42.6 Å². The molecule has 5 N–H and O–H groups in total. The normalized spacial score (nSPS) is 14.4. The van der Waals surface area contributed by atoms with Crippen LogP contribution < -0.4 is 10.6 Å². The molecule has 2 aromatic carbocycles. The van der Waals surface area contributed by atoms with E-state index in [4.69, 9.17) is 4.74 Å². The van der Waals surface area contributed by atoms with Gasteiger partial charge in [0.05, 0.1) is 30.7 Å². The fraction of sp³-hybridized carbons (Fsp3) is 0.333. The smallest absolute Gasteiger partial charge is 0.407 e. The Bertz CT molecular complexity index is 1740. The van der Waals surface area contributed by atoms with Gasteiger partial charge in [0.1, 0.15) is 6.61 Å². The first-order valence-electron chi connectivity index (χ1n) is 15.0. The molecule has 48 heavy (non-hydrogen) atoms. The quantitative estimate of drug-likeness (QED) is 0.139. The van der Waals surface area contributed by atoms with E-state index in [1.807, 2.05) is 48.5 Å². The van der Waals surface area contributed by atoms with Crippen LogP contribution in [-0.4, -0.2) is 83.3 Å². The highest BCUT2D eigenvalue weighted by Crippen LogP contribution is 2.44. The SMILES string of the molecule is CS(=O)(=O)/C=C/[C@H](CC(=O)O)NC(=O)[C@@H](CC(=O)[C@H](CCC(=O)O)NC(=O)OCC1c2ccccc2-c2ccccc21)Cc1cnc[nH]1. The maximum atomic E-state index is 13.6. The van der Waals surface area contributed by atoms with Crippen molar-refractivity contribution in [3.8, 4) is 11.1 Å². The number of nitrogens with one attached hydrogen (secondary N) is 3. The zero-order chi connectivity index (χ0) is 34.8. The predicted molar refractivity (Wildman–Crippen MR) is 172 cm³/mol. The third kappa shape index (κ3) is 10.1. The maximum Gasteiger partial charge on any atom is 0.407 e. The van der Waals surface area contributed by atoms with Crippen LogP contribution in [0.5, 0.6) is 0 Å². The second-order valence-electron chi connectivity index (χ2n) is 11.5. The van der Waals surface area contributed by atoms with Crippen molar-refractivity contribution in [3.05, 3.63) is 89.4 Å².